The molecule has 1 unspecified atom stereocenters. The summed E-state index contributed by atoms with van der Waals surface area (Å²) in [5.74, 6) is 0. The monoisotopic (exact) mass is 316 g/mol. The Morgan fingerprint density at radius 3 is 2.86 bits per heavy atom. The van der Waals surface area contributed by atoms with Crippen LogP contribution in [0.2, 0.25) is 5.15 Å². The lowest BCUT2D eigenvalue weighted by molar-refractivity contribution is 0.556. The van der Waals surface area contributed by atoms with E-state index in [0.29, 0.717) is 11.2 Å². The summed E-state index contributed by atoms with van der Waals surface area (Å²) in [6, 6.07) is 8.69. The molecule has 5 nitrogen and oxygen atoms in total. The van der Waals surface area contributed by atoms with Crippen molar-refractivity contribution in [2.75, 3.05) is 11.4 Å². The highest BCUT2D eigenvalue weighted by Crippen LogP contribution is 2.40. The molecule has 1 aliphatic heterocycles. The Kier molecular flexibility index (Phi) is 3.11. The van der Waals surface area contributed by atoms with Crippen LogP contribution < -0.4 is 4.90 Å². The fraction of sp³-hybridized carbons (Fsp3) is 0.375. The van der Waals surface area contributed by atoms with Crippen LogP contribution in [0.15, 0.2) is 28.7 Å². The third-order valence-corrected chi connectivity index (χ3v) is 4.76. The average molecular weight is 317 g/mol. The summed E-state index contributed by atoms with van der Waals surface area (Å²) >= 11 is 6.45. The average Bonchev–Trinajstić information content (AvgIpc) is 3.17. The zero-order valence-electron chi connectivity index (χ0n) is 12.6. The van der Waals surface area contributed by atoms with Gasteiger partial charge in [-0.1, -0.05) is 23.7 Å². The van der Waals surface area contributed by atoms with Crippen molar-refractivity contribution in [3.8, 4) is 0 Å². The molecule has 22 heavy (non-hydrogen) atoms. The molecular weight excluding hydrogens is 300 g/mol. The molecule has 0 bridgehead atoms. The SMILES string of the molecule is Cc1nn(C)c(Cl)c1C1CCCN1c1nc2ccccc2o1. The third-order valence-electron chi connectivity index (χ3n) is 4.31. The second-order valence-electron chi connectivity index (χ2n) is 5.73. The second-order valence-corrected chi connectivity index (χ2v) is 6.09. The molecule has 0 amide bonds. The molecule has 3 heterocycles. The van der Waals surface area contributed by atoms with Gasteiger partial charge in [-0.3, -0.25) is 4.68 Å². The smallest absolute Gasteiger partial charge is 0.298 e. The molecule has 0 radical (unpaired) electrons. The van der Waals surface area contributed by atoms with Crippen LogP contribution in [-0.4, -0.2) is 21.3 Å². The van der Waals surface area contributed by atoms with Gasteiger partial charge in [-0.2, -0.15) is 10.1 Å². The minimum absolute atomic E-state index is 0.175. The second kappa shape index (κ2) is 5.02. The van der Waals surface area contributed by atoms with E-state index in [1.807, 2.05) is 38.2 Å². The van der Waals surface area contributed by atoms with E-state index in [9.17, 15) is 0 Å². The fourth-order valence-corrected chi connectivity index (χ4v) is 3.60. The summed E-state index contributed by atoms with van der Waals surface area (Å²) in [7, 11) is 1.87. The molecule has 1 atom stereocenters. The lowest BCUT2D eigenvalue weighted by Gasteiger charge is -2.22. The summed E-state index contributed by atoms with van der Waals surface area (Å²) in [6.07, 6.45) is 2.12. The number of oxazole rings is 1. The standard InChI is InChI=1S/C16H17ClN4O/c1-10-14(15(17)20(2)19-10)12-7-5-9-21(12)16-18-11-6-3-4-8-13(11)22-16/h3-4,6,8,12H,5,7,9H2,1-2H3. The number of aromatic nitrogens is 3. The molecule has 3 aromatic rings. The number of nitrogens with zero attached hydrogens (tertiary/aromatic N) is 4. The van der Waals surface area contributed by atoms with E-state index >= 15 is 0 Å². The Hall–Kier alpha value is -2.01. The number of para-hydroxylation sites is 2. The van der Waals surface area contributed by atoms with Gasteiger partial charge in [-0.05, 0) is 31.9 Å². The highest BCUT2D eigenvalue weighted by Gasteiger charge is 2.33. The molecule has 6 heteroatoms. The molecule has 114 valence electrons. The summed E-state index contributed by atoms with van der Waals surface area (Å²) in [5, 5.41) is 5.13. The highest BCUT2D eigenvalue weighted by atomic mass is 35.5. The first-order valence-corrected chi connectivity index (χ1v) is 7.84. The number of anilines is 1. The lowest BCUT2D eigenvalue weighted by atomic mass is 10.1. The van der Waals surface area contributed by atoms with Crippen molar-refractivity contribution in [3.63, 3.8) is 0 Å². The van der Waals surface area contributed by atoms with Gasteiger partial charge in [0.2, 0.25) is 0 Å². The maximum absolute atomic E-state index is 6.45. The molecule has 0 N–H and O–H groups in total. The molecule has 2 aromatic heterocycles. The quantitative estimate of drug-likeness (QED) is 0.720. The number of benzene rings is 1. The van der Waals surface area contributed by atoms with Crippen LogP contribution in [0.1, 0.15) is 30.1 Å². The van der Waals surface area contributed by atoms with Crippen LogP contribution >= 0.6 is 11.6 Å². The van der Waals surface area contributed by atoms with Gasteiger partial charge in [0.25, 0.3) is 6.01 Å². The minimum Gasteiger partial charge on any atom is -0.423 e. The lowest BCUT2D eigenvalue weighted by Crippen LogP contribution is -2.23. The molecule has 0 spiro atoms. The molecule has 0 aliphatic carbocycles. The van der Waals surface area contributed by atoms with Gasteiger partial charge in [-0.25, -0.2) is 0 Å². The van der Waals surface area contributed by atoms with Gasteiger partial charge < -0.3 is 9.32 Å². The third kappa shape index (κ3) is 2.00. The normalized spacial score (nSPS) is 18.5. The number of hydrogen-bond donors (Lipinski definition) is 0. The Morgan fingerprint density at radius 1 is 1.32 bits per heavy atom. The van der Waals surface area contributed by atoms with E-state index in [4.69, 9.17) is 16.0 Å². The number of hydrogen-bond acceptors (Lipinski definition) is 4. The predicted molar refractivity (Wildman–Crippen MR) is 86.3 cm³/mol. The first-order valence-electron chi connectivity index (χ1n) is 7.46. The van der Waals surface area contributed by atoms with Crippen molar-refractivity contribution >= 4 is 28.7 Å². The predicted octanol–water partition coefficient (Wildman–Crippen LogP) is 3.86. The Labute approximate surface area is 133 Å². The van der Waals surface area contributed by atoms with E-state index in [-0.39, 0.29) is 6.04 Å². The van der Waals surface area contributed by atoms with Crippen molar-refractivity contribution in [2.45, 2.75) is 25.8 Å². The van der Waals surface area contributed by atoms with Crippen molar-refractivity contribution in [3.05, 3.63) is 40.7 Å². The zero-order chi connectivity index (χ0) is 15.3. The topological polar surface area (TPSA) is 47.1 Å². The van der Waals surface area contributed by atoms with Crippen molar-refractivity contribution in [1.82, 2.24) is 14.8 Å². The molecule has 1 fully saturated rings. The minimum atomic E-state index is 0.175. The van der Waals surface area contributed by atoms with Gasteiger partial charge >= 0.3 is 0 Å². The number of halogens is 1. The van der Waals surface area contributed by atoms with E-state index in [1.54, 1.807) is 4.68 Å². The summed E-state index contributed by atoms with van der Waals surface area (Å²) in [6.45, 7) is 2.92. The Balaban J connectivity index is 1.77. The number of aryl methyl sites for hydroxylation is 2. The maximum atomic E-state index is 6.45. The van der Waals surface area contributed by atoms with E-state index in [1.165, 1.54) is 0 Å². The first kappa shape index (κ1) is 13.6. The molecular formula is C16H17ClN4O. The highest BCUT2D eigenvalue weighted by molar-refractivity contribution is 6.30. The van der Waals surface area contributed by atoms with E-state index in [0.717, 1.165) is 41.7 Å². The van der Waals surface area contributed by atoms with Crippen LogP contribution in [0.5, 0.6) is 0 Å². The summed E-state index contributed by atoms with van der Waals surface area (Å²) < 4.78 is 7.67. The van der Waals surface area contributed by atoms with Crippen LogP contribution in [0.25, 0.3) is 11.1 Å². The molecule has 1 aromatic carbocycles. The van der Waals surface area contributed by atoms with Gasteiger partial charge in [0, 0.05) is 19.2 Å². The van der Waals surface area contributed by atoms with Gasteiger partial charge in [0.1, 0.15) is 10.7 Å². The van der Waals surface area contributed by atoms with Gasteiger partial charge in [0.15, 0.2) is 5.58 Å². The van der Waals surface area contributed by atoms with Crippen LogP contribution in [0.4, 0.5) is 6.01 Å². The van der Waals surface area contributed by atoms with E-state index < -0.39 is 0 Å². The van der Waals surface area contributed by atoms with Crippen LogP contribution in [0.3, 0.4) is 0 Å². The number of rotatable bonds is 2. The van der Waals surface area contributed by atoms with Crippen molar-refractivity contribution in [2.24, 2.45) is 7.05 Å². The molecule has 1 aliphatic rings. The molecule has 4 rings (SSSR count). The van der Waals surface area contributed by atoms with Crippen molar-refractivity contribution < 1.29 is 4.42 Å². The van der Waals surface area contributed by atoms with E-state index in [2.05, 4.69) is 15.0 Å². The Morgan fingerprint density at radius 2 is 2.14 bits per heavy atom. The zero-order valence-corrected chi connectivity index (χ0v) is 13.3. The molecule has 1 saturated heterocycles. The van der Waals surface area contributed by atoms with Crippen LogP contribution in [-0.2, 0) is 7.05 Å². The molecule has 0 saturated carbocycles. The fourth-order valence-electron chi connectivity index (χ4n) is 3.30. The van der Waals surface area contributed by atoms with Gasteiger partial charge in [-0.15, -0.1) is 0 Å². The largest absolute Gasteiger partial charge is 0.423 e. The summed E-state index contributed by atoms with van der Waals surface area (Å²) in [5.41, 5.74) is 3.76. The first-order chi connectivity index (χ1) is 10.6. The number of fused-ring (bicyclic) bond motifs is 1. The maximum Gasteiger partial charge on any atom is 0.298 e. The van der Waals surface area contributed by atoms with Crippen LogP contribution in [0, 0.1) is 6.92 Å². The van der Waals surface area contributed by atoms with Gasteiger partial charge in [0.05, 0.1) is 11.7 Å². The van der Waals surface area contributed by atoms with Crippen molar-refractivity contribution in [1.29, 1.82) is 0 Å². The summed E-state index contributed by atoms with van der Waals surface area (Å²) in [4.78, 5) is 6.83. The Bertz CT molecular complexity index is 805.